The standard InChI is InChI=1S/C53H72N2O12/c1-54(22-18-38-32-48(62-7)50(64-9)34-40(38)42(54)28-36-14-16-44(58-3)46(30-36)60-5)24-20-52(56)66-26-12-11-13-27-67-53(57)21-25-55(2)23-19-39-33-49(63-8)51(65-10)35-41(39)43(55)29-37-15-17-45(59-4)47(31-37)61-6/h14-17,30-35,42-43H,11-13,18-29H2,1-10H3/q+2/t42-,43+,54+,55-. The number of methoxy groups -OCH3 is 8. The maximum absolute atomic E-state index is 13.2. The fourth-order valence-electron chi connectivity index (χ4n) is 9.91. The molecule has 0 radical (unpaired) electrons. The summed E-state index contributed by atoms with van der Waals surface area (Å²) in [6.07, 6.45) is 5.85. The van der Waals surface area contributed by atoms with Crippen LogP contribution in [0.2, 0.25) is 0 Å². The predicted molar refractivity (Wildman–Crippen MR) is 255 cm³/mol. The summed E-state index contributed by atoms with van der Waals surface area (Å²) in [5, 5.41) is 0. The van der Waals surface area contributed by atoms with Gasteiger partial charge in [-0.2, -0.15) is 0 Å². The summed E-state index contributed by atoms with van der Waals surface area (Å²) in [7, 11) is 17.6. The van der Waals surface area contributed by atoms with Crippen molar-refractivity contribution in [3.8, 4) is 46.0 Å². The van der Waals surface area contributed by atoms with Crippen LogP contribution in [-0.4, -0.2) is 131 Å². The molecule has 4 aromatic rings. The molecule has 4 aromatic carbocycles. The average molecular weight is 929 g/mol. The molecule has 14 nitrogen and oxygen atoms in total. The second-order valence-corrected chi connectivity index (χ2v) is 18.0. The monoisotopic (exact) mass is 929 g/mol. The van der Waals surface area contributed by atoms with Gasteiger partial charge in [-0.15, -0.1) is 0 Å². The summed E-state index contributed by atoms with van der Waals surface area (Å²) >= 11 is 0. The summed E-state index contributed by atoms with van der Waals surface area (Å²) < 4.78 is 57.8. The van der Waals surface area contributed by atoms with E-state index in [-0.39, 0.29) is 24.0 Å². The molecular formula is C53H72N2O12+2. The molecule has 67 heavy (non-hydrogen) atoms. The van der Waals surface area contributed by atoms with Crippen molar-refractivity contribution in [3.63, 3.8) is 0 Å². The lowest BCUT2D eigenvalue weighted by Crippen LogP contribution is -2.53. The molecule has 0 unspecified atom stereocenters. The third-order valence-corrected chi connectivity index (χ3v) is 14.0. The molecule has 0 N–H and O–H groups in total. The van der Waals surface area contributed by atoms with Gasteiger partial charge in [0.2, 0.25) is 0 Å². The van der Waals surface area contributed by atoms with Crippen molar-refractivity contribution in [1.29, 1.82) is 0 Å². The highest BCUT2D eigenvalue weighted by atomic mass is 16.5. The molecule has 364 valence electrons. The number of hydrogen-bond acceptors (Lipinski definition) is 12. The number of benzene rings is 4. The van der Waals surface area contributed by atoms with Crippen molar-refractivity contribution < 1.29 is 65.9 Å². The Morgan fingerprint density at radius 3 is 1.16 bits per heavy atom. The first-order valence-corrected chi connectivity index (χ1v) is 23.3. The Labute approximate surface area is 397 Å². The Morgan fingerprint density at radius 2 is 0.806 bits per heavy atom. The minimum Gasteiger partial charge on any atom is -0.493 e. The van der Waals surface area contributed by atoms with Crippen LogP contribution >= 0.6 is 0 Å². The van der Waals surface area contributed by atoms with Crippen LogP contribution in [0.1, 0.15) is 77.6 Å². The Hall–Kier alpha value is -5.86. The van der Waals surface area contributed by atoms with Crippen LogP contribution in [0.3, 0.4) is 0 Å². The summed E-state index contributed by atoms with van der Waals surface area (Å²) in [6.45, 7) is 3.57. The molecule has 0 aromatic heterocycles. The Morgan fingerprint density at radius 1 is 0.463 bits per heavy atom. The third kappa shape index (κ3) is 12.0. The summed E-state index contributed by atoms with van der Waals surface area (Å²) in [5.74, 6) is 5.06. The number of unbranched alkanes of at least 4 members (excludes halogenated alkanes) is 2. The number of hydrogen-bond donors (Lipinski definition) is 0. The number of carbonyl (C=O) groups is 2. The molecule has 2 aliphatic rings. The van der Waals surface area contributed by atoms with E-state index < -0.39 is 0 Å². The van der Waals surface area contributed by atoms with E-state index in [1.807, 2.05) is 24.3 Å². The van der Waals surface area contributed by atoms with Gasteiger partial charge in [-0.05, 0) is 90.0 Å². The van der Waals surface area contributed by atoms with Crippen molar-refractivity contribution in [3.05, 3.63) is 94.0 Å². The van der Waals surface area contributed by atoms with Gasteiger partial charge in [0.25, 0.3) is 0 Å². The van der Waals surface area contributed by atoms with Crippen molar-refractivity contribution in [2.75, 3.05) is 110 Å². The molecule has 0 amide bonds. The number of quaternary nitrogens is 2. The average Bonchev–Trinajstić information content (AvgIpc) is 3.35. The molecule has 0 saturated heterocycles. The van der Waals surface area contributed by atoms with E-state index in [1.54, 1.807) is 56.9 Å². The van der Waals surface area contributed by atoms with E-state index in [1.165, 1.54) is 22.3 Å². The molecule has 2 aliphatic heterocycles. The maximum atomic E-state index is 13.2. The molecular weight excluding hydrogens is 857 g/mol. The van der Waals surface area contributed by atoms with Crippen molar-refractivity contribution in [2.24, 2.45) is 0 Å². The van der Waals surface area contributed by atoms with Crippen LogP contribution in [0.4, 0.5) is 0 Å². The van der Waals surface area contributed by atoms with E-state index in [4.69, 9.17) is 47.4 Å². The molecule has 0 saturated carbocycles. The van der Waals surface area contributed by atoms with E-state index in [2.05, 4.69) is 50.5 Å². The van der Waals surface area contributed by atoms with Crippen LogP contribution in [-0.2, 0) is 44.7 Å². The van der Waals surface area contributed by atoms with Gasteiger partial charge in [-0.25, -0.2) is 0 Å². The summed E-state index contributed by atoms with van der Waals surface area (Å²) in [4.78, 5) is 26.4. The van der Waals surface area contributed by atoms with Crippen LogP contribution in [0.25, 0.3) is 0 Å². The van der Waals surface area contributed by atoms with Gasteiger partial charge in [0.05, 0.1) is 123 Å². The zero-order valence-corrected chi connectivity index (χ0v) is 41.3. The molecule has 0 fully saturated rings. The van der Waals surface area contributed by atoms with Crippen molar-refractivity contribution in [1.82, 2.24) is 0 Å². The number of carbonyl (C=O) groups excluding carboxylic acids is 2. The van der Waals surface area contributed by atoms with Crippen molar-refractivity contribution in [2.45, 2.75) is 69.9 Å². The van der Waals surface area contributed by atoms with E-state index in [0.29, 0.717) is 107 Å². The summed E-state index contributed by atoms with van der Waals surface area (Å²) in [5.41, 5.74) is 7.00. The number of rotatable bonds is 24. The smallest absolute Gasteiger partial charge is 0.311 e. The molecule has 0 aliphatic carbocycles. The zero-order chi connectivity index (χ0) is 48.1. The highest BCUT2D eigenvalue weighted by Crippen LogP contribution is 2.45. The Balaban J connectivity index is 0.987. The van der Waals surface area contributed by atoms with Crippen LogP contribution < -0.4 is 37.9 Å². The first kappa shape index (κ1) is 50.6. The van der Waals surface area contributed by atoms with E-state index in [9.17, 15) is 9.59 Å². The van der Waals surface area contributed by atoms with Gasteiger partial charge in [-0.1, -0.05) is 12.1 Å². The number of nitrogens with zero attached hydrogens (tertiary/aromatic N) is 2. The van der Waals surface area contributed by atoms with E-state index >= 15 is 0 Å². The van der Waals surface area contributed by atoms with Gasteiger partial charge in [0.1, 0.15) is 12.1 Å². The number of ether oxygens (including phenoxy) is 10. The van der Waals surface area contributed by atoms with Gasteiger partial charge < -0.3 is 56.3 Å². The zero-order valence-electron chi connectivity index (χ0n) is 41.3. The van der Waals surface area contributed by atoms with Gasteiger partial charge >= 0.3 is 11.9 Å². The largest absolute Gasteiger partial charge is 0.493 e. The normalized spacial score (nSPS) is 19.6. The predicted octanol–water partition coefficient (Wildman–Crippen LogP) is 8.07. The first-order chi connectivity index (χ1) is 32.4. The fourth-order valence-corrected chi connectivity index (χ4v) is 9.91. The highest BCUT2D eigenvalue weighted by Gasteiger charge is 2.42. The molecule has 0 spiro atoms. The van der Waals surface area contributed by atoms with Gasteiger partial charge in [0, 0.05) is 36.8 Å². The molecule has 6 rings (SSSR count). The first-order valence-electron chi connectivity index (χ1n) is 23.3. The number of likely N-dealkylation sites (N-methyl/N-ethyl adjacent to an activating group) is 2. The second-order valence-electron chi connectivity index (χ2n) is 18.0. The van der Waals surface area contributed by atoms with Gasteiger partial charge in [0.15, 0.2) is 46.0 Å². The highest BCUT2D eigenvalue weighted by molar-refractivity contribution is 5.69. The van der Waals surface area contributed by atoms with Crippen LogP contribution in [0.5, 0.6) is 46.0 Å². The van der Waals surface area contributed by atoms with Crippen LogP contribution in [0, 0.1) is 0 Å². The van der Waals surface area contributed by atoms with Gasteiger partial charge in [-0.3, -0.25) is 9.59 Å². The Bertz CT molecular complexity index is 2160. The summed E-state index contributed by atoms with van der Waals surface area (Å²) in [6, 6.07) is 20.5. The minimum absolute atomic E-state index is 0.0393. The number of fused-ring (bicyclic) bond motifs is 2. The topological polar surface area (TPSA) is 126 Å². The van der Waals surface area contributed by atoms with Crippen molar-refractivity contribution >= 4 is 11.9 Å². The van der Waals surface area contributed by atoms with Crippen LogP contribution in [0.15, 0.2) is 60.7 Å². The second kappa shape index (κ2) is 23.2. The third-order valence-electron chi connectivity index (χ3n) is 14.0. The Kier molecular flexibility index (Phi) is 17.5. The quantitative estimate of drug-likeness (QED) is 0.0383. The lowest BCUT2D eigenvalue weighted by atomic mass is 9.86. The van der Waals surface area contributed by atoms with E-state index in [0.717, 1.165) is 56.3 Å². The number of esters is 2. The lowest BCUT2D eigenvalue weighted by Gasteiger charge is -2.46. The molecule has 4 atom stereocenters. The fraction of sp³-hybridized carbons (Fsp3) is 0.509. The SMILES string of the molecule is COc1ccc(C[C@@H]2c3cc(OC)c(OC)cc3CC[N@@+]2(C)CCC(=O)OCCCCCOC(=O)CC[N@@+]2(C)CCc3cc(OC)c(OC)cc3[C@@H]2Cc2ccc(OC)c(OC)c2)cc1OC. The molecule has 2 heterocycles. The lowest BCUT2D eigenvalue weighted by molar-refractivity contribution is -0.940. The maximum Gasteiger partial charge on any atom is 0.311 e. The molecule has 14 heteroatoms. The molecule has 0 bridgehead atoms. The minimum atomic E-state index is -0.215.